The Labute approximate surface area is 28.6 Å². The van der Waals surface area contributed by atoms with Crippen molar-refractivity contribution < 1.29 is 16.4 Å². The molecule has 0 aromatic carbocycles. The van der Waals surface area contributed by atoms with Crippen LogP contribution in [0.25, 0.3) is 0 Å². The Hall–Kier alpha value is 0.0969. The van der Waals surface area contributed by atoms with E-state index < -0.39 is 0 Å². The molecule has 4 radical (unpaired) electrons. The molecule has 0 unspecified atom stereocenters. The van der Waals surface area contributed by atoms with Crippen molar-refractivity contribution in [2.45, 2.75) is 0 Å². The van der Waals surface area contributed by atoms with E-state index in [0.29, 0.717) is 0 Å². The summed E-state index contributed by atoms with van der Waals surface area (Å²) in [5.74, 6) is 0. The largest absolute Gasteiger partial charge is 0.412 e. The van der Waals surface area contributed by atoms with Gasteiger partial charge < -0.3 is 16.4 Å². The lowest BCUT2D eigenvalue weighted by atomic mass is 16.0. The molecule has 0 saturated heterocycles. The molecule has 0 spiro atoms. The van der Waals surface area contributed by atoms with E-state index in [1.54, 1.807) is 0 Å². The van der Waals surface area contributed by atoms with E-state index in [1.165, 1.54) is 0 Å². The second kappa shape index (κ2) is 1450. The molecule has 0 amide bonds. The highest BCUT2D eigenvalue weighted by Gasteiger charge is 0.00000733. The molecule has 0 fully saturated rings. The van der Waals surface area contributed by atoms with Crippen LogP contribution in [-0.2, 0) is 0 Å². The van der Waals surface area contributed by atoms with Gasteiger partial charge in [-0.05, 0) is 0 Å². The summed E-state index contributed by atoms with van der Waals surface area (Å²) in [7, 11) is 0. The second-order valence-corrected chi connectivity index (χ2v) is 0. The van der Waals surface area contributed by atoms with Crippen molar-refractivity contribution in [3.05, 3.63) is 0 Å². The summed E-state index contributed by atoms with van der Waals surface area (Å²) in [5.41, 5.74) is 0. The zero-order valence-electron chi connectivity index (χ0n) is 2.00. The van der Waals surface area contributed by atoms with E-state index in [-0.39, 0.29) is 27.4 Å². The second-order valence-electron chi connectivity index (χ2n) is 0. The predicted molar refractivity (Wildman–Crippen MR) is 16.6 cm³/mol. The zero-order chi connectivity index (χ0) is 0. The average Bonchev–Trinajstić information content (AvgIpc) is 0. The van der Waals surface area contributed by atoms with Crippen LogP contribution in [0, 0.1) is 0 Å². The summed E-state index contributed by atoms with van der Waals surface area (Å²) in [4.78, 5) is 0. The van der Waals surface area contributed by atoms with E-state index in [0.717, 1.165) is 0 Å². The maximum atomic E-state index is 0. The van der Waals surface area contributed by atoms with Gasteiger partial charge in [0.2, 0.25) is 0 Å². The minimum Gasteiger partial charge on any atom is -0.412 e. The van der Waals surface area contributed by atoms with Crippen LogP contribution >= 0.6 is 0 Å². The highest BCUT2D eigenvalue weighted by atomic mass is 28.1. The van der Waals surface area contributed by atoms with E-state index in [9.17, 15) is 0 Å². The van der Waals surface area contributed by atoms with Gasteiger partial charge in [-0.25, -0.2) is 0 Å². The molecule has 3 nitrogen and oxygen atoms in total. The van der Waals surface area contributed by atoms with Gasteiger partial charge in [0, 0.05) is 11.0 Å². The lowest BCUT2D eigenvalue weighted by molar-refractivity contribution is 0.823. The molecule has 0 aliphatic carbocycles. The van der Waals surface area contributed by atoms with Crippen molar-refractivity contribution in [2.75, 3.05) is 0 Å². The summed E-state index contributed by atoms with van der Waals surface area (Å²) >= 11 is 0. The third-order valence-corrected chi connectivity index (χ3v) is 0. The first-order valence-electron chi connectivity index (χ1n) is 0. The van der Waals surface area contributed by atoms with Crippen LogP contribution in [-0.4, -0.2) is 27.4 Å². The normalized spacial score (nSPS) is 0. The fourth-order valence-electron chi connectivity index (χ4n) is 0. The fraction of sp³-hybridized carbons (Fsp3) is 0. The average molecular weight is 82.1 g/mol. The molecule has 0 saturated carbocycles. The Morgan fingerprint density at radius 2 is 0.500 bits per heavy atom. The minimum atomic E-state index is 0. The van der Waals surface area contributed by atoms with Crippen molar-refractivity contribution in [1.29, 1.82) is 0 Å². The van der Waals surface area contributed by atoms with Crippen LogP contribution in [0.2, 0.25) is 0 Å². The summed E-state index contributed by atoms with van der Waals surface area (Å²) < 4.78 is 0. The van der Waals surface area contributed by atoms with Gasteiger partial charge in [-0.15, -0.1) is 0 Å². The lowest BCUT2D eigenvalue weighted by Gasteiger charge is -0.413. The standard InChI is InChI=1S/3H2O.Si/h3*1H2;. The third-order valence-electron chi connectivity index (χ3n) is 0. The molecule has 0 aromatic heterocycles. The van der Waals surface area contributed by atoms with Crippen LogP contribution in [0.5, 0.6) is 0 Å². The quantitative estimate of drug-likeness (QED) is 0.281. The maximum Gasteiger partial charge on any atom is 0 e. The highest BCUT2D eigenvalue weighted by Crippen LogP contribution is -0.287. The van der Waals surface area contributed by atoms with Gasteiger partial charge in [-0.1, -0.05) is 0 Å². The molecule has 4 heavy (non-hydrogen) atoms. The molecule has 0 aliphatic heterocycles. The molecule has 0 aromatic rings. The first-order chi connectivity index (χ1) is 0. The van der Waals surface area contributed by atoms with E-state index in [2.05, 4.69) is 0 Å². The molecule has 28 valence electrons. The zero-order valence-corrected chi connectivity index (χ0v) is 3.00. The van der Waals surface area contributed by atoms with Crippen molar-refractivity contribution in [2.24, 2.45) is 0 Å². The van der Waals surface area contributed by atoms with Crippen LogP contribution in [0.4, 0.5) is 0 Å². The van der Waals surface area contributed by atoms with Gasteiger partial charge >= 0.3 is 0 Å². The third kappa shape index (κ3) is 269. The van der Waals surface area contributed by atoms with Crippen molar-refractivity contribution >= 4 is 11.0 Å². The summed E-state index contributed by atoms with van der Waals surface area (Å²) in [5, 5.41) is 0. The van der Waals surface area contributed by atoms with Gasteiger partial charge in [-0.2, -0.15) is 0 Å². The van der Waals surface area contributed by atoms with Crippen LogP contribution in [0.3, 0.4) is 0 Å². The van der Waals surface area contributed by atoms with Crippen LogP contribution < -0.4 is 0 Å². The van der Waals surface area contributed by atoms with E-state index >= 15 is 0 Å². The molecule has 0 aliphatic rings. The molecular weight excluding hydrogens is 76.1 g/mol. The monoisotopic (exact) mass is 82.0 g/mol. The van der Waals surface area contributed by atoms with Gasteiger partial charge in [-0.3, -0.25) is 0 Å². The Morgan fingerprint density at radius 3 is 0.500 bits per heavy atom. The van der Waals surface area contributed by atoms with Crippen molar-refractivity contribution in [3.63, 3.8) is 0 Å². The Kier molecular flexibility index (Phi) is 1520000. The fourth-order valence-corrected chi connectivity index (χ4v) is 0. The number of hydrogen-bond donors (Lipinski definition) is 0. The Balaban J connectivity index is 0. The first-order valence-corrected chi connectivity index (χ1v) is 0. The number of hydrogen-bond acceptors (Lipinski definition) is 0. The summed E-state index contributed by atoms with van der Waals surface area (Å²) in [6, 6.07) is 0. The Bertz CT molecular complexity index is 3.25. The highest BCUT2D eigenvalue weighted by molar-refractivity contribution is 5.75. The predicted octanol–water partition coefficient (Wildman–Crippen LogP) is -2.85. The van der Waals surface area contributed by atoms with Crippen LogP contribution in [0.15, 0.2) is 0 Å². The van der Waals surface area contributed by atoms with Gasteiger partial charge in [0.15, 0.2) is 0 Å². The topological polar surface area (TPSA) is 94.5 Å². The number of rotatable bonds is 0. The van der Waals surface area contributed by atoms with Crippen LogP contribution in [0.1, 0.15) is 0 Å². The molecule has 6 N–H and O–H groups in total. The van der Waals surface area contributed by atoms with Gasteiger partial charge in [0.25, 0.3) is 0 Å². The molecule has 4 heteroatoms. The van der Waals surface area contributed by atoms with E-state index in [4.69, 9.17) is 0 Å². The summed E-state index contributed by atoms with van der Waals surface area (Å²) in [6.07, 6.45) is 0. The molecule has 0 rings (SSSR count). The smallest absolute Gasteiger partial charge is 0 e. The lowest BCUT2D eigenvalue weighted by Crippen LogP contribution is -0.381. The van der Waals surface area contributed by atoms with Gasteiger partial charge in [0.1, 0.15) is 0 Å². The summed E-state index contributed by atoms with van der Waals surface area (Å²) in [6.45, 7) is 0. The molecule has 0 heterocycles. The molecule has 0 bridgehead atoms. The van der Waals surface area contributed by atoms with E-state index in [1.807, 2.05) is 0 Å². The maximum absolute atomic E-state index is 0. The first kappa shape index (κ1) is 4190. The minimum absolute atomic E-state index is 0. The molecular formula is H6O3Si. The molecule has 0 atom stereocenters. The van der Waals surface area contributed by atoms with Crippen molar-refractivity contribution in [3.8, 4) is 0 Å². The van der Waals surface area contributed by atoms with Gasteiger partial charge in [0.05, 0.1) is 0 Å². The SMILES string of the molecule is O.O.O.[Si]. The van der Waals surface area contributed by atoms with Crippen molar-refractivity contribution in [1.82, 2.24) is 0 Å². The Morgan fingerprint density at radius 1 is 0.500 bits per heavy atom.